The summed E-state index contributed by atoms with van der Waals surface area (Å²) in [5, 5.41) is 0. The number of amides is 2. The maximum absolute atomic E-state index is 11.7. The highest BCUT2D eigenvalue weighted by Gasteiger charge is 2.31. The lowest BCUT2D eigenvalue weighted by molar-refractivity contribution is -0.155. The molecule has 1 rings (SSSR count). The average Bonchev–Trinajstić information content (AvgIpc) is 2.28. The van der Waals surface area contributed by atoms with Gasteiger partial charge in [0.2, 0.25) is 0 Å². The molecule has 0 radical (unpaired) electrons. The van der Waals surface area contributed by atoms with Crippen LogP contribution in [0.15, 0.2) is 12.2 Å². The second-order valence-corrected chi connectivity index (χ2v) is 4.24. The minimum Gasteiger partial charge on any atom is -0.333 e. The van der Waals surface area contributed by atoms with Crippen LogP contribution >= 0.6 is 12.6 Å². The van der Waals surface area contributed by atoms with Gasteiger partial charge in [0.1, 0.15) is 0 Å². The molecular weight excluding hydrogens is 224 g/mol. The summed E-state index contributed by atoms with van der Waals surface area (Å²) >= 11 is 4.09. The van der Waals surface area contributed by atoms with Crippen molar-refractivity contribution in [2.75, 3.05) is 31.9 Å². The van der Waals surface area contributed by atoms with Crippen molar-refractivity contribution in [3.63, 3.8) is 0 Å². The highest BCUT2D eigenvalue weighted by molar-refractivity contribution is 7.80. The van der Waals surface area contributed by atoms with Gasteiger partial charge in [-0.15, -0.1) is 0 Å². The van der Waals surface area contributed by atoms with E-state index < -0.39 is 5.91 Å². The van der Waals surface area contributed by atoms with Gasteiger partial charge in [-0.25, -0.2) is 0 Å². The van der Waals surface area contributed by atoms with Crippen LogP contribution in [-0.2, 0) is 9.59 Å². The van der Waals surface area contributed by atoms with Gasteiger partial charge < -0.3 is 9.80 Å². The van der Waals surface area contributed by atoms with Gasteiger partial charge >= 0.3 is 11.8 Å². The maximum atomic E-state index is 11.7. The van der Waals surface area contributed by atoms with Crippen LogP contribution in [0.3, 0.4) is 0 Å². The van der Waals surface area contributed by atoms with Crippen LogP contribution in [0, 0.1) is 0 Å². The second kappa shape index (κ2) is 5.94. The predicted molar refractivity (Wildman–Crippen MR) is 66.4 cm³/mol. The van der Waals surface area contributed by atoms with Crippen molar-refractivity contribution < 1.29 is 9.59 Å². The summed E-state index contributed by atoms with van der Waals surface area (Å²) in [7, 11) is 0. The summed E-state index contributed by atoms with van der Waals surface area (Å²) in [5.74, 6) is -0.265. The number of nitrogens with zero attached hydrogens (tertiary/aromatic N) is 2. The molecule has 1 fully saturated rings. The monoisotopic (exact) mass is 242 g/mol. The van der Waals surface area contributed by atoms with Crippen LogP contribution < -0.4 is 0 Å². The molecule has 0 aromatic rings. The molecule has 5 heteroatoms. The molecule has 1 saturated heterocycles. The summed E-state index contributed by atoms with van der Waals surface area (Å²) in [5.41, 5.74) is 0.855. The zero-order valence-corrected chi connectivity index (χ0v) is 10.5. The first-order valence-electron chi connectivity index (χ1n) is 5.45. The molecule has 0 aromatic heterocycles. The Morgan fingerprint density at radius 3 is 2.44 bits per heavy atom. The minimum atomic E-state index is -0.414. The van der Waals surface area contributed by atoms with E-state index in [0.29, 0.717) is 31.9 Å². The normalized spacial score (nSPS) is 16.9. The summed E-state index contributed by atoms with van der Waals surface area (Å²) in [4.78, 5) is 26.6. The molecule has 90 valence electrons. The molecule has 0 bridgehead atoms. The molecule has 1 heterocycles. The third-order valence-electron chi connectivity index (χ3n) is 2.53. The van der Waals surface area contributed by atoms with Crippen LogP contribution in [0.2, 0.25) is 0 Å². The van der Waals surface area contributed by atoms with Crippen molar-refractivity contribution in [2.24, 2.45) is 0 Å². The number of rotatable bonds is 5. The van der Waals surface area contributed by atoms with Crippen molar-refractivity contribution in [3.05, 3.63) is 12.2 Å². The van der Waals surface area contributed by atoms with Crippen molar-refractivity contribution in [2.45, 2.75) is 13.3 Å². The van der Waals surface area contributed by atoms with Gasteiger partial charge in [-0.2, -0.15) is 12.6 Å². The third kappa shape index (κ3) is 3.01. The van der Waals surface area contributed by atoms with E-state index in [1.807, 2.05) is 6.92 Å². The van der Waals surface area contributed by atoms with E-state index in [0.717, 1.165) is 12.0 Å². The molecule has 16 heavy (non-hydrogen) atoms. The Hall–Kier alpha value is -0.970. The first kappa shape index (κ1) is 13.1. The topological polar surface area (TPSA) is 40.6 Å². The highest BCUT2D eigenvalue weighted by Crippen LogP contribution is 2.08. The molecule has 0 aromatic carbocycles. The summed E-state index contributed by atoms with van der Waals surface area (Å²) in [6.07, 6.45) is 0.877. The molecule has 0 atom stereocenters. The first-order valence-corrected chi connectivity index (χ1v) is 6.09. The fourth-order valence-corrected chi connectivity index (χ4v) is 1.77. The quantitative estimate of drug-likeness (QED) is 0.434. The molecule has 4 nitrogen and oxygen atoms in total. The van der Waals surface area contributed by atoms with Crippen molar-refractivity contribution >= 4 is 24.4 Å². The second-order valence-electron chi connectivity index (χ2n) is 3.93. The number of carbonyl (C=O) groups is 2. The van der Waals surface area contributed by atoms with Crippen LogP contribution in [0.25, 0.3) is 0 Å². The summed E-state index contributed by atoms with van der Waals surface area (Å²) in [6.45, 7) is 8.09. The smallest absolute Gasteiger partial charge is 0.312 e. The molecule has 0 saturated carbocycles. The molecule has 0 spiro atoms. The lowest BCUT2D eigenvalue weighted by Crippen LogP contribution is -2.54. The van der Waals surface area contributed by atoms with Crippen molar-refractivity contribution in [1.29, 1.82) is 0 Å². The molecule has 0 unspecified atom stereocenters. The first-order chi connectivity index (χ1) is 7.60. The maximum Gasteiger partial charge on any atom is 0.312 e. The van der Waals surface area contributed by atoms with Gasteiger partial charge in [0.15, 0.2) is 0 Å². The van der Waals surface area contributed by atoms with E-state index >= 15 is 0 Å². The average molecular weight is 242 g/mol. The Kier molecular flexibility index (Phi) is 4.86. The lowest BCUT2D eigenvalue weighted by Gasteiger charge is -2.33. The van der Waals surface area contributed by atoms with E-state index in [9.17, 15) is 9.59 Å². The van der Waals surface area contributed by atoms with E-state index in [2.05, 4.69) is 19.2 Å². The molecule has 0 N–H and O–H groups in total. The number of thiol groups is 1. The zero-order valence-electron chi connectivity index (χ0n) is 9.61. The van der Waals surface area contributed by atoms with E-state index in [1.54, 1.807) is 9.80 Å². The molecular formula is C11H18N2O2S. The number of piperazine rings is 1. The van der Waals surface area contributed by atoms with Gasteiger partial charge in [-0.3, -0.25) is 9.59 Å². The van der Waals surface area contributed by atoms with Crippen molar-refractivity contribution in [3.8, 4) is 0 Å². The summed E-state index contributed by atoms with van der Waals surface area (Å²) < 4.78 is 0. The Bertz CT molecular complexity index is 304. The van der Waals surface area contributed by atoms with E-state index in [-0.39, 0.29) is 5.91 Å². The molecule has 1 aliphatic rings. The van der Waals surface area contributed by atoms with E-state index in [1.165, 1.54) is 0 Å². The Balaban J connectivity index is 2.58. The number of hydrogen-bond acceptors (Lipinski definition) is 3. The SMILES string of the molecule is C=C(CS)CN1CCN(CCC)C(=O)C1=O. The van der Waals surface area contributed by atoms with Crippen LogP contribution in [0.4, 0.5) is 0 Å². The van der Waals surface area contributed by atoms with Crippen LogP contribution in [0.1, 0.15) is 13.3 Å². The Labute approximate surface area is 102 Å². The van der Waals surface area contributed by atoms with Gasteiger partial charge in [0.25, 0.3) is 0 Å². The standard InChI is InChI=1S/C11H18N2O2S/c1-3-4-12-5-6-13(7-9(2)8-16)11(15)10(12)14/h16H,2-8H2,1H3. The summed E-state index contributed by atoms with van der Waals surface area (Å²) in [6, 6.07) is 0. The zero-order chi connectivity index (χ0) is 12.1. The predicted octanol–water partition coefficient (Wildman–Crippen LogP) is 0.553. The molecule has 0 aliphatic carbocycles. The molecule has 2 amide bonds. The Morgan fingerprint density at radius 1 is 1.31 bits per heavy atom. The fourth-order valence-electron chi connectivity index (χ4n) is 1.67. The highest BCUT2D eigenvalue weighted by atomic mass is 32.1. The van der Waals surface area contributed by atoms with Crippen LogP contribution in [0.5, 0.6) is 0 Å². The fraction of sp³-hybridized carbons (Fsp3) is 0.636. The van der Waals surface area contributed by atoms with Gasteiger partial charge in [0.05, 0.1) is 0 Å². The van der Waals surface area contributed by atoms with E-state index in [4.69, 9.17) is 0 Å². The Morgan fingerprint density at radius 2 is 1.88 bits per heavy atom. The number of hydrogen-bond donors (Lipinski definition) is 1. The number of carbonyl (C=O) groups excluding carboxylic acids is 2. The van der Waals surface area contributed by atoms with Crippen molar-refractivity contribution in [1.82, 2.24) is 9.80 Å². The largest absolute Gasteiger partial charge is 0.333 e. The lowest BCUT2D eigenvalue weighted by atomic mass is 10.2. The van der Waals surface area contributed by atoms with Gasteiger partial charge in [-0.1, -0.05) is 13.5 Å². The van der Waals surface area contributed by atoms with Gasteiger partial charge in [0, 0.05) is 31.9 Å². The van der Waals surface area contributed by atoms with Gasteiger partial charge in [-0.05, 0) is 12.0 Å². The molecule has 1 aliphatic heterocycles. The third-order valence-corrected chi connectivity index (χ3v) is 2.98. The minimum absolute atomic E-state index is 0.389. The van der Waals surface area contributed by atoms with Crippen LogP contribution in [-0.4, -0.2) is 53.5 Å².